The van der Waals surface area contributed by atoms with Gasteiger partial charge in [-0.15, -0.1) is 0 Å². The number of aryl methyl sites for hydroxylation is 1. The zero-order chi connectivity index (χ0) is 11.4. The summed E-state index contributed by atoms with van der Waals surface area (Å²) in [4.78, 5) is 12.9. The first kappa shape index (κ1) is 11.0. The predicted octanol–water partition coefficient (Wildman–Crippen LogP) is 2.30. The van der Waals surface area contributed by atoms with Gasteiger partial charge in [0.25, 0.3) is 0 Å². The fourth-order valence-electron chi connectivity index (χ4n) is 2.14. The molecule has 0 saturated carbocycles. The van der Waals surface area contributed by atoms with Gasteiger partial charge in [-0.2, -0.15) is 0 Å². The third-order valence-electron chi connectivity index (χ3n) is 3.01. The highest BCUT2D eigenvalue weighted by Crippen LogP contribution is 2.21. The number of benzene rings is 1. The van der Waals surface area contributed by atoms with Crippen LogP contribution in [0, 0.1) is 0 Å². The van der Waals surface area contributed by atoms with Gasteiger partial charge in [0.05, 0.1) is 0 Å². The topological polar surface area (TPSA) is 40.5 Å². The van der Waals surface area contributed by atoms with E-state index in [0.29, 0.717) is 6.42 Å². The molecule has 0 bridgehead atoms. The number of aliphatic carboxylic acids is 1. The van der Waals surface area contributed by atoms with Gasteiger partial charge in [0.15, 0.2) is 0 Å². The number of carboxylic acids is 1. The number of rotatable bonds is 4. The van der Waals surface area contributed by atoms with Crippen LogP contribution in [0.5, 0.6) is 0 Å². The molecule has 0 unspecified atom stereocenters. The third-order valence-corrected chi connectivity index (χ3v) is 3.01. The highest BCUT2D eigenvalue weighted by molar-refractivity contribution is 5.67. The molecule has 3 heteroatoms. The lowest BCUT2D eigenvalue weighted by molar-refractivity contribution is -0.136. The van der Waals surface area contributed by atoms with Crippen LogP contribution in [0.1, 0.15) is 24.8 Å². The second kappa shape index (κ2) is 5.01. The third kappa shape index (κ3) is 2.75. The molecule has 0 atom stereocenters. The summed E-state index contributed by atoms with van der Waals surface area (Å²) in [7, 11) is 0. The highest BCUT2D eigenvalue weighted by Gasteiger charge is 2.12. The van der Waals surface area contributed by atoms with Crippen LogP contribution in [-0.4, -0.2) is 24.2 Å². The van der Waals surface area contributed by atoms with Crippen molar-refractivity contribution in [3.63, 3.8) is 0 Å². The molecule has 0 amide bonds. The summed E-state index contributed by atoms with van der Waals surface area (Å²) in [5.74, 6) is -0.730. The molecule has 1 aliphatic heterocycles. The van der Waals surface area contributed by atoms with Crippen LogP contribution in [0.25, 0.3) is 0 Å². The van der Waals surface area contributed by atoms with Gasteiger partial charge in [0.1, 0.15) is 0 Å². The number of hydrogen-bond donors (Lipinski definition) is 1. The molecule has 3 nitrogen and oxygen atoms in total. The Bertz CT molecular complexity index is 370. The van der Waals surface area contributed by atoms with E-state index < -0.39 is 5.97 Å². The zero-order valence-electron chi connectivity index (χ0n) is 9.35. The van der Waals surface area contributed by atoms with E-state index in [9.17, 15) is 4.79 Å². The van der Waals surface area contributed by atoms with E-state index in [1.165, 1.54) is 18.5 Å². The lowest BCUT2D eigenvalue weighted by Crippen LogP contribution is -2.17. The van der Waals surface area contributed by atoms with Crippen molar-refractivity contribution in [2.45, 2.75) is 25.7 Å². The average Bonchev–Trinajstić information content (AvgIpc) is 2.80. The minimum atomic E-state index is -0.730. The van der Waals surface area contributed by atoms with Crippen molar-refractivity contribution in [2.75, 3.05) is 18.0 Å². The van der Waals surface area contributed by atoms with E-state index in [-0.39, 0.29) is 6.42 Å². The average molecular weight is 219 g/mol. The quantitative estimate of drug-likeness (QED) is 0.844. The van der Waals surface area contributed by atoms with Gasteiger partial charge in [-0.25, -0.2) is 0 Å². The second-order valence-corrected chi connectivity index (χ2v) is 4.26. The smallest absolute Gasteiger partial charge is 0.303 e. The Labute approximate surface area is 95.7 Å². The van der Waals surface area contributed by atoms with Crippen molar-refractivity contribution in [3.8, 4) is 0 Å². The van der Waals surface area contributed by atoms with Crippen molar-refractivity contribution in [3.05, 3.63) is 29.8 Å². The summed E-state index contributed by atoms with van der Waals surface area (Å²) in [6.07, 6.45) is 3.36. The zero-order valence-corrected chi connectivity index (χ0v) is 9.35. The molecule has 86 valence electrons. The van der Waals surface area contributed by atoms with Gasteiger partial charge in [0, 0.05) is 25.2 Å². The molecule has 0 aromatic heterocycles. The van der Waals surface area contributed by atoms with Crippen molar-refractivity contribution >= 4 is 11.7 Å². The van der Waals surface area contributed by atoms with Gasteiger partial charge in [-0.1, -0.05) is 12.1 Å². The molecule has 1 aromatic carbocycles. The van der Waals surface area contributed by atoms with Crippen LogP contribution >= 0.6 is 0 Å². The van der Waals surface area contributed by atoms with Gasteiger partial charge in [-0.05, 0) is 37.0 Å². The van der Waals surface area contributed by atoms with Crippen LogP contribution in [0.2, 0.25) is 0 Å². The molecule has 1 aromatic rings. The number of nitrogens with zero attached hydrogens (tertiary/aromatic N) is 1. The molecule has 1 fully saturated rings. The number of carboxylic acid groups (broad SMARTS) is 1. The van der Waals surface area contributed by atoms with Gasteiger partial charge in [-0.3, -0.25) is 4.79 Å². The standard InChI is InChI=1S/C13H17NO2/c15-13(16)7-6-11-4-3-5-12(10-11)14-8-1-2-9-14/h3-5,10H,1-2,6-9H2,(H,15,16). The molecular formula is C13H17NO2. The van der Waals surface area contributed by atoms with E-state index >= 15 is 0 Å². The Hall–Kier alpha value is -1.51. The Morgan fingerprint density at radius 3 is 2.75 bits per heavy atom. The van der Waals surface area contributed by atoms with E-state index in [2.05, 4.69) is 17.0 Å². The SMILES string of the molecule is O=C(O)CCc1cccc(N2CCCC2)c1. The van der Waals surface area contributed by atoms with Crippen LogP contribution in [0.15, 0.2) is 24.3 Å². The minimum Gasteiger partial charge on any atom is -0.481 e. The second-order valence-electron chi connectivity index (χ2n) is 4.26. The van der Waals surface area contributed by atoms with E-state index in [1.54, 1.807) is 0 Å². The largest absolute Gasteiger partial charge is 0.481 e. The Kier molecular flexibility index (Phi) is 3.44. The summed E-state index contributed by atoms with van der Waals surface area (Å²) >= 11 is 0. The van der Waals surface area contributed by atoms with E-state index in [0.717, 1.165) is 18.7 Å². The van der Waals surface area contributed by atoms with Crippen molar-refractivity contribution in [1.29, 1.82) is 0 Å². The van der Waals surface area contributed by atoms with Crippen LogP contribution in [-0.2, 0) is 11.2 Å². The first-order valence-electron chi connectivity index (χ1n) is 5.81. The molecule has 0 radical (unpaired) electrons. The molecule has 0 aliphatic carbocycles. The van der Waals surface area contributed by atoms with E-state index in [1.807, 2.05) is 12.1 Å². The lowest BCUT2D eigenvalue weighted by Gasteiger charge is -2.18. The summed E-state index contributed by atoms with van der Waals surface area (Å²) in [5, 5.41) is 8.65. The van der Waals surface area contributed by atoms with Gasteiger partial charge >= 0.3 is 5.97 Å². The summed E-state index contributed by atoms with van der Waals surface area (Å²) in [6.45, 7) is 2.25. The molecule has 2 rings (SSSR count). The van der Waals surface area contributed by atoms with Crippen LogP contribution in [0.3, 0.4) is 0 Å². The van der Waals surface area contributed by atoms with Crippen molar-refractivity contribution < 1.29 is 9.90 Å². The van der Waals surface area contributed by atoms with Crippen molar-refractivity contribution in [2.24, 2.45) is 0 Å². The van der Waals surface area contributed by atoms with Gasteiger partial charge < -0.3 is 10.0 Å². The van der Waals surface area contributed by atoms with Crippen LogP contribution in [0.4, 0.5) is 5.69 Å². The Morgan fingerprint density at radius 1 is 1.31 bits per heavy atom. The normalized spacial score (nSPS) is 15.4. The number of carbonyl (C=O) groups is 1. The molecule has 1 N–H and O–H groups in total. The molecule has 1 heterocycles. The first-order chi connectivity index (χ1) is 7.75. The summed E-state index contributed by atoms with van der Waals surface area (Å²) in [6, 6.07) is 8.25. The molecule has 1 aliphatic rings. The minimum absolute atomic E-state index is 0.212. The fourth-order valence-corrected chi connectivity index (χ4v) is 2.14. The van der Waals surface area contributed by atoms with E-state index in [4.69, 9.17) is 5.11 Å². The highest BCUT2D eigenvalue weighted by atomic mass is 16.4. The fraction of sp³-hybridized carbons (Fsp3) is 0.462. The maximum absolute atomic E-state index is 10.5. The lowest BCUT2D eigenvalue weighted by atomic mass is 10.1. The maximum Gasteiger partial charge on any atom is 0.303 e. The summed E-state index contributed by atoms with van der Waals surface area (Å²) in [5.41, 5.74) is 2.35. The molecule has 1 saturated heterocycles. The Balaban J connectivity index is 2.03. The molecule has 16 heavy (non-hydrogen) atoms. The molecule has 0 spiro atoms. The number of hydrogen-bond acceptors (Lipinski definition) is 2. The first-order valence-corrected chi connectivity index (χ1v) is 5.81. The number of anilines is 1. The van der Waals surface area contributed by atoms with Crippen LogP contribution < -0.4 is 4.90 Å². The van der Waals surface area contributed by atoms with Gasteiger partial charge in [0.2, 0.25) is 0 Å². The predicted molar refractivity (Wildman–Crippen MR) is 63.8 cm³/mol. The maximum atomic E-state index is 10.5. The molecular weight excluding hydrogens is 202 g/mol. The summed E-state index contributed by atoms with van der Waals surface area (Å²) < 4.78 is 0. The monoisotopic (exact) mass is 219 g/mol. The Morgan fingerprint density at radius 2 is 2.06 bits per heavy atom. The van der Waals surface area contributed by atoms with Crippen molar-refractivity contribution in [1.82, 2.24) is 0 Å².